The lowest BCUT2D eigenvalue weighted by Crippen LogP contribution is -2.18. The average molecular weight is 488 g/mol. The Morgan fingerprint density at radius 1 is 1.26 bits per heavy atom. The molecule has 0 bridgehead atoms. The van der Waals surface area contributed by atoms with Gasteiger partial charge in [0.15, 0.2) is 11.6 Å². The van der Waals surface area contributed by atoms with Crippen LogP contribution in [0.3, 0.4) is 0 Å². The first-order chi connectivity index (χ1) is 16.8. The van der Waals surface area contributed by atoms with Crippen LogP contribution in [0, 0.1) is 11.6 Å². The number of hydrogen-bond acceptors (Lipinski definition) is 6. The molecule has 0 saturated carbocycles. The van der Waals surface area contributed by atoms with E-state index in [2.05, 4.69) is 15.3 Å². The molecule has 0 aliphatic rings. The molecule has 0 aliphatic carbocycles. The molecular formula is C25H31F2N5O3. The number of aliphatic imine (C=N–C) groups is 1. The Kier molecular flexibility index (Phi) is 9.89. The van der Waals surface area contributed by atoms with Crippen LogP contribution in [-0.2, 0) is 11.3 Å². The second kappa shape index (κ2) is 12.6. The van der Waals surface area contributed by atoms with Crippen molar-refractivity contribution in [2.75, 3.05) is 20.7 Å². The predicted octanol–water partition coefficient (Wildman–Crippen LogP) is 4.18. The Labute approximate surface area is 203 Å². The fraction of sp³-hybridized carbons (Fsp3) is 0.320. The third-order valence-corrected chi connectivity index (χ3v) is 5.23. The number of fused-ring (bicyclic) bond motifs is 1. The summed E-state index contributed by atoms with van der Waals surface area (Å²) < 4.78 is 36.3. The molecule has 35 heavy (non-hydrogen) atoms. The molecule has 1 aromatic carbocycles. The fourth-order valence-electron chi connectivity index (χ4n) is 3.43. The summed E-state index contributed by atoms with van der Waals surface area (Å²) in [6.07, 6.45) is 3.55. The zero-order valence-electron chi connectivity index (χ0n) is 20.5. The molecule has 0 unspecified atom stereocenters. The summed E-state index contributed by atoms with van der Waals surface area (Å²) >= 11 is 0. The van der Waals surface area contributed by atoms with Crippen molar-refractivity contribution in [1.82, 2.24) is 14.7 Å². The lowest BCUT2D eigenvalue weighted by molar-refractivity contribution is -0.132. The first kappa shape index (κ1) is 27.5. The Hall–Kier alpha value is -3.79. The van der Waals surface area contributed by atoms with Gasteiger partial charge in [-0.1, -0.05) is 13.8 Å². The third-order valence-electron chi connectivity index (χ3n) is 5.23. The van der Waals surface area contributed by atoms with Crippen LogP contribution >= 0.6 is 0 Å². The van der Waals surface area contributed by atoms with Crippen LogP contribution < -0.4 is 15.8 Å². The van der Waals surface area contributed by atoms with Crippen molar-refractivity contribution in [2.24, 2.45) is 10.7 Å². The van der Waals surface area contributed by atoms with E-state index >= 15 is 0 Å². The van der Waals surface area contributed by atoms with Crippen molar-refractivity contribution < 1.29 is 23.4 Å². The van der Waals surface area contributed by atoms with E-state index in [1.165, 1.54) is 13.1 Å². The summed E-state index contributed by atoms with van der Waals surface area (Å²) in [5.74, 6) is -3.76. The van der Waals surface area contributed by atoms with Gasteiger partial charge in [0, 0.05) is 48.6 Å². The molecule has 2 heterocycles. The number of carbonyl (C=O) groups is 1. The van der Waals surface area contributed by atoms with E-state index in [1.807, 2.05) is 25.3 Å². The minimum Gasteiger partial charge on any atom is -0.489 e. The maximum atomic E-state index is 14.8. The normalized spacial score (nSPS) is 12.1. The SMILES string of the molecule is CC.CN=C(C)/C(CCOc1c(-c2ccc3ncc(CNC)n3c2)ccc(F)c1F)=C(\N)C(=O)O. The summed E-state index contributed by atoms with van der Waals surface area (Å²) in [7, 11) is 3.32. The zero-order chi connectivity index (χ0) is 26.1. The monoisotopic (exact) mass is 487 g/mol. The van der Waals surface area contributed by atoms with Gasteiger partial charge >= 0.3 is 5.97 Å². The van der Waals surface area contributed by atoms with Gasteiger partial charge in [0.25, 0.3) is 0 Å². The summed E-state index contributed by atoms with van der Waals surface area (Å²) in [5.41, 5.74) is 8.53. The number of nitrogens with two attached hydrogens (primary N) is 1. The summed E-state index contributed by atoms with van der Waals surface area (Å²) in [6.45, 7) is 6.05. The van der Waals surface area contributed by atoms with E-state index in [9.17, 15) is 18.7 Å². The lowest BCUT2D eigenvalue weighted by atomic mass is 10.0. The molecule has 0 spiro atoms. The van der Waals surface area contributed by atoms with Gasteiger partial charge in [-0.15, -0.1) is 0 Å². The van der Waals surface area contributed by atoms with E-state index in [1.54, 1.807) is 31.5 Å². The highest BCUT2D eigenvalue weighted by Crippen LogP contribution is 2.34. The number of nitrogens with zero attached hydrogens (tertiary/aromatic N) is 3. The molecule has 0 radical (unpaired) electrons. The highest BCUT2D eigenvalue weighted by atomic mass is 19.2. The fourth-order valence-corrected chi connectivity index (χ4v) is 3.43. The van der Waals surface area contributed by atoms with E-state index in [4.69, 9.17) is 10.5 Å². The minimum atomic E-state index is -1.29. The number of ether oxygens (including phenoxy) is 1. The minimum absolute atomic E-state index is 0.0452. The van der Waals surface area contributed by atoms with Gasteiger partial charge in [-0.2, -0.15) is 4.39 Å². The number of hydrogen-bond donors (Lipinski definition) is 3. The molecule has 0 atom stereocenters. The topological polar surface area (TPSA) is 114 Å². The maximum absolute atomic E-state index is 14.8. The number of imidazole rings is 1. The van der Waals surface area contributed by atoms with Crippen LogP contribution in [0.2, 0.25) is 0 Å². The molecule has 8 nitrogen and oxygen atoms in total. The van der Waals surface area contributed by atoms with Gasteiger partial charge in [0.1, 0.15) is 11.3 Å². The van der Waals surface area contributed by atoms with E-state index in [0.29, 0.717) is 29.0 Å². The Balaban J connectivity index is 0.00000210. The molecule has 188 valence electrons. The first-order valence-corrected chi connectivity index (χ1v) is 11.2. The number of aliphatic carboxylic acids is 1. The van der Waals surface area contributed by atoms with Gasteiger partial charge < -0.3 is 25.3 Å². The van der Waals surface area contributed by atoms with E-state index in [0.717, 1.165) is 11.8 Å². The van der Waals surface area contributed by atoms with Crippen molar-refractivity contribution >= 4 is 17.3 Å². The van der Waals surface area contributed by atoms with Crippen LogP contribution in [0.1, 0.15) is 32.9 Å². The lowest BCUT2D eigenvalue weighted by Gasteiger charge is -2.15. The first-order valence-electron chi connectivity index (χ1n) is 11.2. The predicted molar refractivity (Wildman–Crippen MR) is 133 cm³/mol. The molecule has 2 aromatic heterocycles. The van der Waals surface area contributed by atoms with Crippen molar-refractivity contribution in [2.45, 2.75) is 33.7 Å². The van der Waals surface area contributed by atoms with Crippen LogP contribution in [0.4, 0.5) is 8.78 Å². The molecule has 10 heteroatoms. The van der Waals surface area contributed by atoms with E-state index < -0.39 is 17.6 Å². The van der Waals surface area contributed by atoms with Crippen LogP contribution in [-0.4, -0.2) is 46.9 Å². The smallest absolute Gasteiger partial charge is 0.352 e. The van der Waals surface area contributed by atoms with Gasteiger partial charge in [-0.25, -0.2) is 14.2 Å². The van der Waals surface area contributed by atoms with Crippen molar-refractivity contribution in [3.05, 3.63) is 65.3 Å². The number of aromatic nitrogens is 2. The average Bonchev–Trinajstić information content (AvgIpc) is 3.27. The third kappa shape index (κ3) is 6.21. The maximum Gasteiger partial charge on any atom is 0.352 e. The molecule has 0 fully saturated rings. The molecule has 0 amide bonds. The second-order valence-electron chi connectivity index (χ2n) is 7.27. The number of rotatable bonds is 9. The van der Waals surface area contributed by atoms with Crippen molar-refractivity contribution in [3.8, 4) is 16.9 Å². The molecule has 3 rings (SSSR count). The molecule has 3 aromatic rings. The van der Waals surface area contributed by atoms with Crippen molar-refractivity contribution in [1.29, 1.82) is 0 Å². The molecular weight excluding hydrogens is 456 g/mol. The van der Waals surface area contributed by atoms with E-state index in [-0.39, 0.29) is 30.0 Å². The quantitative estimate of drug-likeness (QED) is 0.308. The Bertz CT molecular complexity index is 1250. The highest BCUT2D eigenvalue weighted by Gasteiger charge is 2.19. The number of carboxylic acids is 1. The van der Waals surface area contributed by atoms with Gasteiger partial charge in [-0.05, 0) is 38.2 Å². The van der Waals surface area contributed by atoms with Crippen LogP contribution in [0.15, 0.2) is 52.9 Å². The standard InChI is InChI=1S/C23H25F2N5O3.C2H6/c1-13(28-3)16(21(26)23(31)32)8-9-33-22-17(5-6-18(24)20(22)25)14-4-7-19-29-11-15(10-27-2)30(19)12-14;1-2/h4-7,11-12,27H,8-10,26H2,1-3H3,(H,31,32);1-2H3/b21-16-,28-13?;. The molecule has 4 N–H and O–H groups in total. The largest absolute Gasteiger partial charge is 0.489 e. The number of pyridine rings is 1. The number of nitrogens with one attached hydrogen (secondary N) is 1. The zero-order valence-corrected chi connectivity index (χ0v) is 20.5. The van der Waals surface area contributed by atoms with Crippen LogP contribution in [0.25, 0.3) is 16.8 Å². The van der Waals surface area contributed by atoms with Gasteiger partial charge in [-0.3, -0.25) is 4.99 Å². The number of carboxylic acid groups (broad SMARTS) is 1. The second-order valence-corrected chi connectivity index (χ2v) is 7.27. The Morgan fingerprint density at radius 2 is 1.97 bits per heavy atom. The molecule has 0 saturated heterocycles. The summed E-state index contributed by atoms with van der Waals surface area (Å²) in [6, 6.07) is 5.98. The highest BCUT2D eigenvalue weighted by molar-refractivity contribution is 6.04. The van der Waals surface area contributed by atoms with Crippen molar-refractivity contribution in [3.63, 3.8) is 0 Å². The Morgan fingerprint density at radius 3 is 2.60 bits per heavy atom. The van der Waals surface area contributed by atoms with Gasteiger partial charge in [0.2, 0.25) is 5.82 Å². The number of halogens is 2. The van der Waals surface area contributed by atoms with Gasteiger partial charge in [0.05, 0.1) is 18.5 Å². The summed E-state index contributed by atoms with van der Waals surface area (Å²) in [5, 5.41) is 12.3. The number of benzene rings is 1. The summed E-state index contributed by atoms with van der Waals surface area (Å²) in [4.78, 5) is 19.6. The van der Waals surface area contributed by atoms with Crippen LogP contribution in [0.5, 0.6) is 5.75 Å². The molecule has 0 aliphatic heterocycles.